The van der Waals surface area contributed by atoms with E-state index in [1.165, 1.54) is 153 Å². The van der Waals surface area contributed by atoms with E-state index in [0.29, 0.717) is 197 Å². The topological polar surface area (TPSA) is 343 Å². The summed E-state index contributed by atoms with van der Waals surface area (Å²) in [6, 6.07) is 0. The second kappa shape index (κ2) is 84.6. The van der Waals surface area contributed by atoms with Gasteiger partial charge in [0.2, 0.25) is 41.4 Å². The minimum Gasteiger partial charge on any atom is -0.381 e. The van der Waals surface area contributed by atoms with Crippen LogP contribution in [0.15, 0.2) is 12.2 Å². The smallest absolute Gasteiger partial charge is 0.253 e. The molecular formula is C84H156N8O21. The van der Waals surface area contributed by atoms with E-state index >= 15 is 0 Å². The normalized spacial score (nSPS) is 12.0. The maximum atomic E-state index is 13.2. The van der Waals surface area contributed by atoms with Crippen LogP contribution in [-0.4, -0.2) is 280 Å². The van der Waals surface area contributed by atoms with E-state index in [0.717, 1.165) is 37.0 Å². The highest BCUT2D eigenvalue weighted by Gasteiger charge is 2.25. The maximum absolute atomic E-state index is 13.2. The van der Waals surface area contributed by atoms with E-state index in [-0.39, 0.29) is 133 Å². The van der Waals surface area contributed by atoms with Gasteiger partial charge in [-0.05, 0) is 44.9 Å². The largest absolute Gasteiger partial charge is 0.381 e. The van der Waals surface area contributed by atoms with Gasteiger partial charge >= 0.3 is 0 Å². The Morgan fingerprint density at radius 3 is 0.796 bits per heavy atom. The highest BCUT2D eigenvalue weighted by Crippen LogP contribution is 2.15. The molecule has 0 radical (unpaired) electrons. The first-order valence-corrected chi connectivity index (χ1v) is 43.8. The van der Waals surface area contributed by atoms with E-state index in [1.807, 2.05) is 0 Å². The molecule has 1 heterocycles. The van der Waals surface area contributed by atoms with Crippen molar-refractivity contribution in [3.8, 4) is 0 Å². The summed E-state index contributed by atoms with van der Waals surface area (Å²) in [7, 11) is 0. The molecule has 0 aromatic rings. The lowest BCUT2D eigenvalue weighted by atomic mass is 10.0. The second-order valence-electron chi connectivity index (χ2n) is 28.5. The summed E-state index contributed by atoms with van der Waals surface area (Å²) in [6.07, 6.45) is 41.2. The molecule has 0 aromatic carbocycles. The van der Waals surface area contributed by atoms with Crippen LogP contribution in [0.2, 0.25) is 0 Å². The van der Waals surface area contributed by atoms with Gasteiger partial charge in [0.1, 0.15) is 0 Å². The van der Waals surface area contributed by atoms with Gasteiger partial charge in [-0.15, -0.1) is 0 Å². The number of imide groups is 1. The molecule has 6 N–H and O–H groups in total. The van der Waals surface area contributed by atoms with Crippen LogP contribution in [-0.2, 0) is 100.0 Å². The summed E-state index contributed by atoms with van der Waals surface area (Å²) in [6.45, 7) is 16.3. The maximum Gasteiger partial charge on any atom is 0.253 e. The predicted molar refractivity (Wildman–Crippen MR) is 437 cm³/mol. The number of hydrogen-bond acceptors (Lipinski definition) is 21. The Bertz CT molecular complexity index is 2300. The number of carbonyl (C=O) groups is 9. The molecule has 0 aliphatic carbocycles. The highest BCUT2D eigenvalue weighted by atomic mass is 16.6. The number of hydrogen-bond donors (Lipinski definition) is 6. The van der Waals surface area contributed by atoms with Gasteiger partial charge in [-0.25, -0.2) is 0 Å². The lowest BCUT2D eigenvalue weighted by molar-refractivity contribution is -0.139. The monoisotopic (exact) mass is 1610 g/mol. The van der Waals surface area contributed by atoms with Gasteiger partial charge in [0.15, 0.2) is 0 Å². The van der Waals surface area contributed by atoms with Gasteiger partial charge < -0.3 is 93.6 Å². The Kier molecular flexibility index (Phi) is 79.1. The molecule has 0 atom stereocenters. The summed E-state index contributed by atoms with van der Waals surface area (Å²) in [5.74, 6) is -1.38. The Balaban J connectivity index is 1.94. The number of nitrogens with zero attached hydrogens (tertiary/aromatic N) is 2. The Hall–Kier alpha value is -5.31. The fourth-order valence-electron chi connectivity index (χ4n) is 11.8. The molecular weight excluding hydrogens is 1460 g/mol. The van der Waals surface area contributed by atoms with Gasteiger partial charge in [0.05, 0.1) is 126 Å². The molecule has 658 valence electrons. The lowest BCUT2D eigenvalue weighted by Crippen LogP contribution is -2.40. The Labute approximate surface area is 679 Å². The molecule has 0 bridgehead atoms. The molecule has 0 unspecified atom stereocenters. The predicted octanol–water partition coefficient (Wildman–Crippen LogP) is 9.50. The van der Waals surface area contributed by atoms with E-state index < -0.39 is 11.8 Å². The van der Waals surface area contributed by atoms with Gasteiger partial charge in [-0.2, -0.15) is 0 Å². The number of carbonyl (C=O) groups excluding carboxylic acids is 9. The van der Waals surface area contributed by atoms with Crippen molar-refractivity contribution in [3.05, 3.63) is 12.2 Å². The molecule has 0 aromatic heterocycles. The number of nitrogens with one attached hydrogen (secondary N) is 6. The van der Waals surface area contributed by atoms with Crippen molar-refractivity contribution < 1.29 is 100.0 Å². The van der Waals surface area contributed by atoms with Crippen LogP contribution in [0.3, 0.4) is 0 Å². The van der Waals surface area contributed by atoms with Crippen LogP contribution in [0.25, 0.3) is 0 Å². The van der Waals surface area contributed by atoms with E-state index in [4.69, 9.17) is 56.8 Å². The molecule has 1 aliphatic heterocycles. The van der Waals surface area contributed by atoms with Gasteiger partial charge in [0.25, 0.3) is 11.8 Å². The van der Waals surface area contributed by atoms with Crippen LogP contribution in [0.5, 0.6) is 0 Å². The minimum absolute atomic E-state index is 0.0304. The first-order valence-electron chi connectivity index (χ1n) is 43.8. The summed E-state index contributed by atoms with van der Waals surface area (Å²) < 4.78 is 67.2. The van der Waals surface area contributed by atoms with Gasteiger partial charge in [-0.3, -0.25) is 48.1 Å². The molecule has 113 heavy (non-hydrogen) atoms. The van der Waals surface area contributed by atoms with Crippen LogP contribution in [0, 0.1) is 0 Å². The first-order chi connectivity index (χ1) is 55.5. The summed E-state index contributed by atoms with van der Waals surface area (Å²) in [5, 5.41) is 17.3. The van der Waals surface area contributed by atoms with Crippen molar-refractivity contribution in [2.45, 2.75) is 258 Å². The molecule has 0 saturated heterocycles. The molecule has 0 spiro atoms. The first kappa shape index (κ1) is 106. The Morgan fingerprint density at radius 2 is 0.478 bits per heavy atom. The molecule has 0 saturated carbocycles. The fraction of sp³-hybridized carbons (Fsp3) is 0.869. The molecule has 1 rings (SSSR count). The number of rotatable bonds is 90. The van der Waals surface area contributed by atoms with E-state index in [1.54, 1.807) is 4.90 Å². The van der Waals surface area contributed by atoms with Crippen LogP contribution >= 0.6 is 0 Å². The number of amides is 9. The van der Waals surface area contributed by atoms with Crippen molar-refractivity contribution in [2.75, 3.05) is 217 Å². The standard InChI is InChI=1S/C84H156N8O21/c1-3-5-7-9-11-13-15-17-19-21-23-25-27-34-76(93)85-43-32-55-105-61-48-90-81(98)40-57-103-54-31-46-88-80(97)42-59-107-65-69-111-73-75-113-71-67-109-63-51-91(82(99)39-49-92-83(100)37-38-84(92)101)50-62-108-66-70-112-74-72-110-68-64-106-58-41-79(96)87-45-30-53-102-52-29-36-78(95)86-44-33-56-104-60-47-89-77(94)35-28-26-24-22-20-18-16-14-12-10-8-6-4-2/h37-38H,3-36,39-75H2,1-2H3,(H,85,93)(H,86,95)(H,87,96)(H,88,97)(H,89,94)(H,90,98). The fourth-order valence-corrected chi connectivity index (χ4v) is 11.8. The van der Waals surface area contributed by atoms with Crippen molar-refractivity contribution in [2.24, 2.45) is 0 Å². The minimum atomic E-state index is -0.454. The average Bonchev–Trinajstić information content (AvgIpc) is 1.74. The zero-order valence-electron chi connectivity index (χ0n) is 70.3. The third-order valence-electron chi connectivity index (χ3n) is 18.5. The molecule has 1 aliphatic rings. The van der Waals surface area contributed by atoms with E-state index in [2.05, 4.69) is 45.7 Å². The quantitative estimate of drug-likeness (QED) is 0.0244. The van der Waals surface area contributed by atoms with Crippen molar-refractivity contribution in [1.29, 1.82) is 0 Å². The third kappa shape index (κ3) is 76.4. The average molecular weight is 1610 g/mol. The second-order valence-corrected chi connectivity index (χ2v) is 28.5. The van der Waals surface area contributed by atoms with Crippen LogP contribution < -0.4 is 31.9 Å². The zero-order valence-corrected chi connectivity index (χ0v) is 70.3. The summed E-state index contributed by atoms with van der Waals surface area (Å²) in [5.41, 5.74) is 0. The number of unbranched alkanes of at least 4 members (excludes halogenated alkanes) is 24. The molecule has 29 nitrogen and oxygen atoms in total. The zero-order chi connectivity index (χ0) is 81.7. The molecule has 9 amide bonds. The van der Waals surface area contributed by atoms with Crippen LogP contribution in [0.4, 0.5) is 0 Å². The summed E-state index contributed by atoms with van der Waals surface area (Å²) in [4.78, 5) is 113. The highest BCUT2D eigenvalue weighted by molar-refractivity contribution is 6.13. The van der Waals surface area contributed by atoms with Crippen LogP contribution in [0.1, 0.15) is 258 Å². The molecule has 0 fully saturated rings. The van der Waals surface area contributed by atoms with Gasteiger partial charge in [0, 0.05) is 149 Å². The summed E-state index contributed by atoms with van der Waals surface area (Å²) >= 11 is 0. The lowest BCUT2D eigenvalue weighted by Gasteiger charge is -2.24. The third-order valence-corrected chi connectivity index (χ3v) is 18.5. The molecule has 29 heteroatoms. The Morgan fingerprint density at radius 1 is 0.248 bits per heavy atom. The SMILES string of the molecule is CCCCCCCCCCCCCCCC(=O)NCCCOCCNC(=O)CCOCCCNC(=O)CCOCCOCCOCCOCCN(CCOCCOCCOCCOCCC(=O)NCCCOCCCC(=O)NCCCOCCNC(=O)CCCCCCCCCCCCCCC)C(=O)CCN1C(=O)C=CC1=O. The van der Waals surface area contributed by atoms with Crippen molar-refractivity contribution in [1.82, 2.24) is 41.7 Å². The van der Waals surface area contributed by atoms with Crippen molar-refractivity contribution in [3.63, 3.8) is 0 Å². The number of ether oxygens (including phenoxy) is 12. The van der Waals surface area contributed by atoms with Crippen molar-refractivity contribution >= 4 is 53.2 Å². The van der Waals surface area contributed by atoms with Gasteiger partial charge in [-0.1, -0.05) is 168 Å². The van der Waals surface area contributed by atoms with E-state index in [9.17, 15) is 43.2 Å².